The fourth-order valence-corrected chi connectivity index (χ4v) is 1.37. The van der Waals surface area contributed by atoms with Crippen molar-refractivity contribution >= 4 is 11.6 Å². The van der Waals surface area contributed by atoms with Crippen LogP contribution >= 0.6 is 11.6 Å². The Balaban J connectivity index is 2.63. The first kappa shape index (κ1) is 8.79. The molecular weight excluding hydrogens is 198 g/mol. The molecule has 68 valence electrons. The molecule has 3 nitrogen and oxygen atoms in total. The molecule has 0 amide bonds. The number of aromatic nitrogens is 2. The highest BCUT2D eigenvalue weighted by atomic mass is 35.5. The van der Waals surface area contributed by atoms with Gasteiger partial charge in [-0.05, 0) is 24.3 Å². The van der Waals surface area contributed by atoms with Crippen LogP contribution in [0.15, 0.2) is 36.7 Å². The van der Waals surface area contributed by atoms with Gasteiger partial charge in [0.2, 0.25) is 0 Å². The molecule has 0 radical (unpaired) electrons. The lowest BCUT2D eigenvalue weighted by Crippen LogP contribution is -1.97. The van der Waals surface area contributed by atoms with Crippen LogP contribution in [0.5, 0.6) is 0 Å². The second kappa shape index (κ2) is 3.52. The van der Waals surface area contributed by atoms with Crippen molar-refractivity contribution < 1.29 is 0 Å². The van der Waals surface area contributed by atoms with Crippen LogP contribution in [0.1, 0.15) is 5.56 Å². The zero-order chi connectivity index (χ0) is 9.97. The fourth-order valence-electron chi connectivity index (χ4n) is 1.20. The van der Waals surface area contributed by atoms with Crippen LogP contribution in [0, 0.1) is 11.3 Å². The standard InChI is InChI=1S/C10H6ClN3/c11-9-3-2-8(7-12)10(6-9)14-5-1-4-13-14/h1-6H. The minimum atomic E-state index is 0.554. The summed E-state index contributed by atoms with van der Waals surface area (Å²) in [6, 6.07) is 8.97. The molecule has 0 atom stereocenters. The number of nitriles is 1. The van der Waals surface area contributed by atoms with Gasteiger partial charge in [0.25, 0.3) is 0 Å². The number of hydrogen-bond acceptors (Lipinski definition) is 2. The molecule has 0 spiro atoms. The average molecular weight is 204 g/mol. The lowest BCUT2D eigenvalue weighted by Gasteiger charge is -2.03. The van der Waals surface area contributed by atoms with Gasteiger partial charge >= 0.3 is 0 Å². The number of halogens is 1. The van der Waals surface area contributed by atoms with Gasteiger partial charge in [0.1, 0.15) is 6.07 Å². The molecule has 0 bridgehead atoms. The number of hydrogen-bond donors (Lipinski definition) is 0. The zero-order valence-electron chi connectivity index (χ0n) is 7.18. The van der Waals surface area contributed by atoms with Crippen LogP contribution in [-0.2, 0) is 0 Å². The molecule has 0 aliphatic carbocycles. The van der Waals surface area contributed by atoms with E-state index in [4.69, 9.17) is 16.9 Å². The summed E-state index contributed by atoms with van der Waals surface area (Å²) in [5.41, 5.74) is 1.25. The van der Waals surface area contributed by atoms with E-state index in [9.17, 15) is 0 Å². The van der Waals surface area contributed by atoms with Crippen molar-refractivity contribution in [3.63, 3.8) is 0 Å². The molecule has 0 N–H and O–H groups in total. The SMILES string of the molecule is N#Cc1ccc(Cl)cc1-n1cccn1. The maximum atomic E-state index is 8.87. The largest absolute Gasteiger partial charge is 0.240 e. The normalized spacial score (nSPS) is 9.71. The molecule has 0 fully saturated rings. The Bertz CT molecular complexity index is 483. The first-order valence-electron chi connectivity index (χ1n) is 4.01. The van der Waals surface area contributed by atoms with Crippen molar-refractivity contribution in [1.29, 1.82) is 5.26 Å². The van der Waals surface area contributed by atoms with Gasteiger partial charge in [-0.1, -0.05) is 11.6 Å². The predicted molar refractivity (Wildman–Crippen MR) is 53.3 cm³/mol. The van der Waals surface area contributed by atoms with Gasteiger partial charge in [0, 0.05) is 17.4 Å². The molecule has 0 saturated carbocycles. The molecule has 4 heteroatoms. The highest BCUT2D eigenvalue weighted by molar-refractivity contribution is 6.30. The Morgan fingerprint density at radius 3 is 2.93 bits per heavy atom. The third kappa shape index (κ3) is 1.48. The maximum absolute atomic E-state index is 8.87. The van der Waals surface area contributed by atoms with E-state index in [1.54, 1.807) is 41.3 Å². The Labute approximate surface area is 86.2 Å². The number of rotatable bonds is 1. The lowest BCUT2D eigenvalue weighted by molar-refractivity contribution is 0.877. The first-order chi connectivity index (χ1) is 6.81. The topological polar surface area (TPSA) is 41.6 Å². The second-order valence-corrected chi connectivity index (χ2v) is 3.16. The van der Waals surface area contributed by atoms with Gasteiger partial charge in [-0.25, -0.2) is 4.68 Å². The van der Waals surface area contributed by atoms with Crippen LogP contribution in [0.4, 0.5) is 0 Å². The van der Waals surface area contributed by atoms with Gasteiger partial charge < -0.3 is 0 Å². The summed E-state index contributed by atoms with van der Waals surface area (Å²) in [4.78, 5) is 0. The monoisotopic (exact) mass is 203 g/mol. The molecule has 0 unspecified atom stereocenters. The molecule has 0 aliphatic rings. The van der Waals surface area contributed by atoms with Crippen LogP contribution < -0.4 is 0 Å². The Kier molecular flexibility index (Phi) is 2.21. The minimum Gasteiger partial charge on any atom is -0.240 e. The van der Waals surface area contributed by atoms with Crippen molar-refractivity contribution in [2.45, 2.75) is 0 Å². The van der Waals surface area contributed by atoms with Gasteiger partial charge in [-0.3, -0.25) is 0 Å². The quantitative estimate of drug-likeness (QED) is 0.714. The average Bonchev–Trinajstić information content (AvgIpc) is 2.70. The lowest BCUT2D eigenvalue weighted by atomic mass is 10.2. The van der Waals surface area contributed by atoms with E-state index in [1.807, 2.05) is 0 Å². The molecule has 2 aromatic rings. The highest BCUT2D eigenvalue weighted by Gasteiger charge is 2.04. The molecule has 0 saturated heterocycles. The van der Waals surface area contributed by atoms with E-state index < -0.39 is 0 Å². The van der Waals surface area contributed by atoms with Gasteiger partial charge in [0.05, 0.1) is 11.3 Å². The van der Waals surface area contributed by atoms with Gasteiger partial charge in [0.15, 0.2) is 0 Å². The third-order valence-electron chi connectivity index (χ3n) is 1.83. The third-order valence-corrected chi connectivity index (χ3v) is 2.07. The summed E-state index contributed by atoms with van der Waals surface area (Å²) in [6.45, 7) is 0. The van der Waals surface area contributed by atoms with E-state index in [2.05, 4.69) is 11.2 Å². The fraction of sp³-hybridized carbons (Fsp3) is 0. The Morgan fingerprint density at radius 1 is 1.43 bits per heavy atom. The predicted octanol–water partition coefficient (Wildman–Crippen LogP) is 2.40. The van der Waals surface area contributed by atoms with Crippen molar-refractivity contribution in [1.82, 2.24) is 9.78 Å². The van der Waals surface area contributed by atoms with Crippen molar-refractivity contribution in [2.75, 3.05) is 0 Å². The smallest absolute Gasteiger partial charge is 0.101 e. The van der Waals surface area contributed by atoms with Crippen LogP contribution in [0.2, 0.25) is 5.02 Å². The molecule has 1 heterocycles. The van der Waals surface area contributed by atoms with Crippen LogP contribution in [0.25, 0.3) is 5.69 Å². The van der Waals surface area contributed by atoms with Gasteiger partial charge in [-0.2, -0.15) is 10.4 Å². The molecular formula is C10H6ClN3. The number of benzene rings is 1. The van der Waals surface area contributed by atoms with Crippen LogP contribution in [-0.4, -0.2) is 9.78 Å². The Morgan fingerprint density at radius 2 is 2.29 bits per heavy atom. The Hall–Kier alpha value is -1.79. The second-order valence-electron chi connectivity index (χ2n) is 2.72. The number of nitrogens with zero attached hydrogens (tertiary/aromatic N) is 3. The van der Waals surface area contributed by atoms with E-state index in [1.165, 1.54) is 0 Å². The minimum absolute atomic E-state index is 0.554. The zero-order valence-corrected chi connectivity index (χ0v) is 7.94. The van der Waals surface area contributed by atoms with E-state index in [-0.39, 0.29) is 0 Å². The summed E-state index contributed by atoms with van der Waals surface area (Å²) in [5.74, 6) is 0. The van der Waals surface area contributed by atoms with Crippen molar-refractivity contribution in [2.24, 2.45) is 0 Å². The van der Waals surface area contributed by atoms with Crippen molar-refractivity contribution in [3.05, 3.63) is 47.2 Å². The summed E-state index contributed by atoms with van der Waals surface area (Å²) in [7, 11) is 0. The first-order valence-corrected chi connectivity index (χ1v) is 4.39. The summed E-state index contributed by atoms with van der Waals surface area (Å²) < 4.78 is 1.62. The molecule has 0 aliphatic heterocycles. The van der Waals surface area contributed by atoms with E-state index >= 15 is 0 Å². The van der Waals surface area contributed by atoms with E-state index in [0.29, 0.717) is 16.3 Å². The maximum Gasteiger partial charge on any atom is 0.101 e. The highest BCUT2D eigenvalue weighted by Crippen LogP contribution is 2.18. The molecule has 2 rings (SSSR count). The molecule has 1 aromatic heterocycles. The van der Waals surface area contributed by atoms with Crippen molar-refractivity contribution in [3.8, 4) is 11.8 Å². The summed E-state index contributed by atoms with van der Waals surface area (Å²) in [5, 5.41) is 13.5. The van der Waals surface area contributed by atoms with Crippen LogP contribution in [0.3, 0.4) is 0 Å². The molecule has 1 aromatic carbocycles. The van der Waals surface area contributed by atoms with Gasteiger partial charge in [-0.15, -0.1) is 0 Å². The summed E-state index contributed by atoms with van der Waals surface area (Å²) >= 11 is 5.84. The summed E-state index contributed by atoms with van der Waals surface area (Å²) in [6.07, 6.45) is 3.43. The van der Waals surface area contributed by atoms with E-state index in [0.717, 1.165) is 0 Å². The molecule has 14 heavy (non-hydrogen) atoms.